The van der Waals surface area contributed by atoms with Crippen molar-refractivity contribution in [3.05, 3.63) is 63.1 Å². The Hall–Kier alpha value is -1.52. The lowest BCUT2D eigenvalue weighted by Gasteiger charge is -2.09. The highest BCUT2D eigenvalue weighted by Crippen LogP contribution is 2.21. The Labute approximate surface area is 131 Å². The summed E-state index contributed by atoms with van der Waals surface area (Å²) < 4.78 is 5.55. The molecule has 0 atom stereocenters. The fourth-order valence-electron chi connectivity index (χ4n) is 1.70. The van der Waals surface area contributed by atoms with Crippen molar-refractivity contribution in [2.24, 2.45) is 0 Å². The van der Waals surface area contributed by atoms with E-state index in [0.29, 0.717) is 17.1 Å². The molecule has 0 saturated heterocycles. The van der Waals surface area contributed by atoms with E-state index in [1.165, 1.54) is 7.11 Å². The molecule has 0 aliphatic rings. The molecule has 3 nitrogen and oxygen atoms in total. The zero-order chi connectivity index (χ0) is 14.5. The van der Waals surface area contributed by atoms with E-state index in [-0.39, 0.29) is 5.97 Å². The van der Waals surface area contributed by atoms with Gasteiger partial charge in [-0.2, -0.15) is 0 Å². The molecule has 0 bridgehead atoms. The normalized spacial score (nSPS) is 10.2. The molecule has 104 valence electrons. The number of anilines is 1. The summed E-state index contributed by atoms with van der Waals surface area (Å²) in [4.78, 5) is 11.4. The molecule has 0 amide bonds. The van der Waals surface area contributed by atoms with E-state index >= 15 is 0 Å². The predicted molar refractivity (Wildman–Crippen MR) is 84.3 cm³/mol. The monoisotopic (exact) mass is 353 g/mol. The number of rotatable bonds is 4. The first kappa shape index (κ1) is 14.9. The molecule has 0 radical (unpaired) electrons. The Morgan fingerprint density at radius 2 is 1.95 bits per heavy atom. The van der Waals surface area contributed by atoms with Crippen LogP contribution in [0.5, 0.6) is 0 Å². The third kappa shape index (κ3) is 3.74. The number of nitrogens with one attached hydrogen (secondary N) is 1. The van der Waals surface area contributed by atoms with E-state index in [1.54, 1.807) is 12.1 Å². The number of esters is 1. The zero-order valence-electron chi connectivity index (χ0n) is 10.8. The molecule has 5 heteroatoms. The van der Waals surface area contributed by atoms with Crippen LogP contribution in [0, 0.1) is 0 Å². The van der Waals surface area contributed by atoms with Gasteiger partial charge in [0.2, 0.25) is 0 Å². The maximum absolute atomic E-state index is 11.4. The van der Waals surface area contributed by atoms with Gasteiger partial charge < -0.3 is 10.1 Å². The van der Waals surface area contributed by atoms with Gasteiger partial charge in [-0.1, -0.05) is 33.6 Å². The molecule has 0 heterocycles. The minimum Gasteiger partial charge on any atom is -0.465 e. The summed E-state index contributed by atoms with van der Waals surface area (Å²) in [6.45, 7) is 0.643. The number of ether oxygens (including phenoxy) is 1. The Morgan fingerprint density at radius 1 is 1.25 bits per heavy atom. The van der Waals surface area contributed by atoms with Crippen molar-refractivity contribution in [2.45, 2.75) is 6.54 Å². The van der Waals surface area contributed by atoms with Gasteiger partial charge in [-0.25, -0.2) is 4.79 Å². The first-order chi connectivity index (χ1) is 9.60. The van der Waals surface area contributed by atoms with Crippen LogP contribution in [0.15, 0.2) is 46.9 Å². The van der Waals surface area contributed by atoms with Gasteiger partial charge in [0.05, 0.1) is 12.7 Å². The average Bonchev–Trinajstić information content (AvgIpc) is 2.46. The molecular weight excluding hydrogens is 342 g/mol. The number of halogens is 2. The average molecular weight is 355 g/mol. The molecule has 2 rings (SSSR count). The van der Waals surface area contributed by atoms with Crippen LogP contribution in [0.3, 0.4) is 0 Å². The van der Waals surface area contributed by atoms with E-state index in [0.717, 1.165) is 15.7 Å². The summed E-state index contributed by atoms with van der Waals surface area (Å²) in [5.41, 5.74) is 2.56. The first-order valence-corrected chi connectivity index (χ1v) is 7.13. The molecule has 2 aromatic carbocycles. The van der Waals surface area contributed by atoms with E-state index < -0.39 is 0 Å². The van der Waals surface area contributed by atoms with Gasteiger partial charge in [-0.15, -0.1) is 0 Å². The van der Waals surface area contributed by atoms with Crippen LogP contribution in [-0.4, -0.2) is 13.1 Å². The lowest BCUT2D eigenvalue weighted by molar-refractivity contribution is 0.0600. The smallest absolute Gasteiger partial charge is 0.337 e. The standard InChI is InChI=1S/C15H13BrClNO2/c1-20-15(19)10-2-3-11(14(16)8-10)9-18-13-6-4-12(17)5-7-13/h2-8,18H,9H2,1H3. The summed E-state index contributed by atoms with van der Waals surface area (Å²) in [5.74, 6) is -0.345. The number of carbonyl (C=O) groups is 1. The first-order valence-electron chi connectivity index (χ1n) is 5.96. The Balaban J connectivity index is 2.06. The topological polar surface area (TPSA) is 38.3 Å². The maximum Gasteiger partial charge on any atom is 0.337 e. The number of methoxy groups -OCH3 is 1. The Bertz CT molecular complexity index is 614. The van der Waals surface area contributed by atoms with Crippen molar-refractivity contribution in [1.29, 1.82) is 0 Å². The molecule has 0 unspecified atom stereocenters. The van der Waals surface area contributed by atoms with E-state index in [1.807, 2.05) is 30.3 Å². The molecular formula is C15H13BrClNO2. The summed E-state index contributed by atoms with van der Waals surface area (Å²) in [7, 11) is 1.37. The molecule has 0 fully saturated rings. The highest BCUT2D eigenvalue weighted by atomic mass is 79.9. The molecule has 0 aliphatic heterocycles. The highest BCUT2D eigenvalue weighted by Gasteiger charge is 2.08. The quantitative estimate of drug-likeness (QED) is 0.822. The third-order valence-electron chi connectivity index (χ3n) is 2.80. The number of carbonyl (C=O) groups excluding carboxylic acids is 1. The van der Waals surface area contributed by atoms with Crippen molar-refractivity contribution < 1.29 is 9.53 Å². The molecule has 0 aromatic heterocycles. The summed E-state index contributed by atoms with van der Waals surface area (Å²) in [6, 6.07) is 12.9. The SMILES string of the molecule is COC(=O)c1ccc(CNc2ccc(Cl)cc2)c(Br)c1. The molecule has 0 aliphatic carbocycles. The summed E-state index contributed by atoms with van der Waals surface area (Å²) in [5, 5.41) is 3.99. The minimum atomic E-state index is -0.345. The Morgan fingerprint density at radius 3 is 2.55 bits per heavy atom. The van der Waals surface area contributed by atoms with Gasteiger partial charge in [-0.05, 0) is 42.0 Å². The lowest BCUT2D eigenvalue weighted by atomic mass is 10.1. The van der Waals surface area contributed by atoms with Gasteiger partial charge >= 0.3 is 5.97 Å². The fourth-order valence-corrected chi connectivity index (χ4v) is 2.35. The van der Waals surface area contributed by atoms with Crippen molar-refractivity contribution in [1.82, 2.24) is 0 Å². The number of hydrogen-bond donors (Lipinski definition) is 1. The van der Waals surface area contributed by atoms with E-state index in [2.05, 4.69) is 26.0 Å². The highest BCUT2D eigenvalue weighted by molar-refractivity contribution is 9.10. The van der Waals surface area contributed by atoms with E-state index in [9.17, 15) is 4.79 Å². The van der Waals surface area contributed by atoms with Gasteiger partial charge in [0, 0.05) is 21.7 Å². The molecule has 20 heavy (non-hydrogen) atoms. The predicted octanol–water partition coefficient (Wildman–Crippen LogP) is 4.50. The van der Waals surface area contributed by atoms with Crippen LogP contribution in [-0.2, 0) is 11.3 Å². The summed E-state index contributed by atoms with van der Waals surface area (Å²) >= 11 is 9.30. The lowest BCUT2D eigenvalue weighted by Crippen LogP contribution is -2.04. The molecule has 0 saturated carbocycles. The fraction of sp³-hybridized carbons (Fsp3) is 0.133. The molecule has 1 N–H and O–H groups in total. The van der Waals surface area contributed by atoms with Crippen LogP contribution in [0.2, 0.25) is 5.02 Å². The minimum absolute atomic E-state index is 0.345. The van der Waals surface area contributed by atoms with Crippen LogP contribution >= 0.6 is 27.5 Å². The molecule has 0 spiro atoms. The largest absolute Gasteiger partial charge is 0.465 e. The van der Waals surface area contributed by atoms with Gasteiger partial charge in [0.25, 0.3) is 0 Å². The van der Waals surface area contributed by atoms with Crippen molar-refractivity contribution >= 4 is 39.2 Å². The zero-order valence-corrected chi connectivity index (χ0v) is 13.2. The summed E-state index contributed by atoms with van der Waals surface area (Å²) in [6.07, 6.45) is 0. The molecule has 2 aromatic rings. The second-order valence-corrected chi connectivity index (χ2v) is 5.45. The van der Waals surface area contributed by atoms with E-state index in [4.69, 9.17) is 11.6 Å². The Kier molecular flexibility index (Phi) is 5.04. The van der Waals surface area contributed by atoms with Crippen LogP contribution in [0.25, 0.3) is 0 Å². The van der Waals surface area contributed by atoms with Crippen LogP contribution < -0.4 is 5.32 Å². The van der Waals surface area contributed by atoms with Crippen molar-refractivity contribution in [3.63, 3.8) is 0 Å². The van der Waals surface area contributed by atoms with Gasteiger partial charge in [-0.3, -0.25) is 0 Å². The van der Waals surface area contributed by atoms with Gasteiger partial charge in [0.1, 0.15) is 0 Å². The number of hydrogen-bond acceptors (Lipinski definition) is 3. The van der Waals surface area contributed by atoms with Crippen LogP contribution in [0.1, 0.15) is 15.9 Å². The second kappa shape index (κ2) is 6.77. The van der Waals surface area contributed by atoms with Crippen molar-refractivity contribution in [3.8, 4) is 0 Å². The number of benzene rings is 2. The third-order valence-corrected chi connectivity index (χ3v) is 3.79. The van der Waals surface area contributed by atoms with Crippen LogP contribution in [0.4, 0.5) is 5.69 Å². The van der Waals surface area contributed by atoms with Gasteiger partial charge in [0.15, 0.2) is 0 Å². The second-order valence-electron chi connectivity index (χ2n) is 4.16. The maximum atomic E-state index is 11.4. The van der Waals surface area contributed by atoms with Crippen molar-refractivity contribution in [2.75, 3.05) is 12.4 Å².